The molecule has 16 heavy (non-hydrogen) atoms. The molecule has 1 saturated heterocycles. The molecule has 0 aromatic heterocycles. The lowest BCUT2D eigenvalue weighted by atomic mass is 10.2. The van der Waals surface area contributed by atoms with Crippen molar-refractivity contribution in [2.75, 3.05) is 13.2 Å². The van der Waals surface area contributed by atoms with Crippen molar-refractivity contribution in [3.63, 3.8) is 0 Å². The Hall–Kier alpha value is -0.910. The van der Waals surface area contributed by atoms with Gasteiger partial charge in [-0.1, -0.05) is 0 Å². The van der Waals surface area contributed by atoms with Crippen molar-refractivity contribution in [3.05, 3.63) is 12.2 Å². The predicted octanol–water partition coefficient (Wildman–Crippen LogP) is 0.618. The third kappa shape index (κ3) is 3.59. The Bertz CT molecular complexity index is 272. The first-order chi connectivity index (χ1) is 7.48. The second kappa shape index (κ2) is 5.43. The van der Waals surface area contributed by atoms with Crippen LogP contribution in [0.25, 0.3) is 0 Å². The average Bonchev–Trinajstić information content (AvgIpc) is 2.51. The van der Waals surface area contributed by atoms with E-state index in [-0.39, 0.29) is 6.61 Å². The van der Waals surface area contributed by atoms with E-state index in [9.17, 15) is 4.79 Å². The maximum atomic E-state index is 11.1. The first kappa shape index (κ1) is 13.2. The van der Waals surface area contributed by atoms with E-state index in [0.717, 1.165) is 0 Å². The summed E-state index contributed by atoms with van der Waals surface area (Å²) in [5, 5.41) is 9.08. The van der Waals surface area contributed by atoms with Gasteiger partial charge in [0.05, 0.1) is 13.2 Å². The third-order valence-corrected chi connectivity index (χ3v) is 2.11. The zero-order chi connectivity index (χ0) is 12.2. The molecule has 1 fully saturated rings. The molecule has 0 aliphatic carbocycles. The van der Waals surface area contributed by atoms with Crippen LogP contribution in [-0.4, -0.2) is 42.3 Å². The molecule has 2 atom stereocenters. The maximum absolute atomic E-state index is 11.1. The Balaban J connectivity index is 2.56. The van der Waals surface area contributed by atoms with Crippen molar-refractivity contribution in [2.45, 2.75) is 38.8 Å². The lowest BCUT2D eigenvalue weighted by molar-refractivity contribution is -0.146. The molecule has 1 aliphatic rings. The van der Waals surface area contributed by atoms with Gasteiger partial charge >= 0.3 is 5.97 Å². The highest BCUT2D eigenvalue weighted by Gasteiger charge is 2.39. The number of hydrogen-bond donors (Lipinski definition) is 1. The van der Waals surface area contributed by atoms with E-state index in [1.807, 2.05) is 0 Å². The number of hydrogen-bond acceptors (Lipinski definition) is 5. The molecule has 1 heterocycles. The summed E-state index contributed by atoms with van der Waals surface area (Å²) >= 11 is 0. The lowest BCUT2D eigenvalue weighted by Crippen LogP contribution is -2.25. The van der Waals surface area contributed by atoms with Crippen LogP contribution in [0.4, 0.5) is 0 Å². The fraction of sp³-hybridized carbons (Fsp3) is 0.727. The largest absolute Gasteiger partial charge is 0.463 e. The molecule has 0 spiro atoms. The normalized spacial score (nSPS) is 28.5. The van der Waals surface area contributed by atoms with E-state index in [1.165, 1.54) is 6.08 Å². The van der Waals surface area contributed by atoms with Gasteiger partial charge in [-0.2, -0.15) is 0 Å². The Morgan fingerprint density at radius 3 is 2.75 bits per heavy atom. The summed E-state index contributed by atoms with van der Waals surface area (Å²) in [5.41, 5.74) is 0. The van der Waals surface area contributed by atoms with Gasteiger partial charge in [-0.15, -0.1) is 0 Å². The summed E-state index contributed by atoms with van der Waals surface area (Å²) in [5.74, 6) is -1.16. The van der Waals surface area contributed by atoms with Gasteiger partial charge in [0.15, 0.2) is 5.79 Å². The Labute approximate surface area is 95.0 Å². The topological polar surface area (TPSA) is 65.0 Å². The predicted molar refractivity (Wildman–Crippen MR) is 56.7 cm³/mol. The quantitative estimate of drug-likeness (QED) is 0.566. The van der Waals surface area contributed by atoms with Gasteiger partial charge in [-0.05, 0) is 26.8 Å². The molecule has 0 unspecified atom stereocenters. The van der Waals surface area contributed by atoms with Gasteiger partial charge in [-0.3, -0.25) is 0 Å². The fourth-order valence-electron chi connectivity index (χ4n) is 1.53. The maximum Gasteiger partial charge on any atom is 0.330 e. The van der Waals surface area contributed by atoms with Crippen LogP contribution in [-0.2, 0) is 19.0 Å². The average molecular weight is 230 g/mol. The SMILES string of the molecule is CCOC(=O)/C=C/[C@@H]1OC(C)(C)O[C@@H]1CO. The summed E-state index contributed by atoms with van der Waals surface area (Å²) in [6.07, 6.45) is 1.97. The molecule has 0 radical (unpaired) electrons. The van der Waals surface area contributed by atoms with Crippen LogP contribution in [0.5, 0.6) is 0 Å². The van der Waals surface area contributed by atoms with Crippen molar-refractivity contribution in [2.24, 2.45) is 0 Å². The number of carbonyl (C=O) groups is 1. The van der Waals surface area contributed by atoms with Crippen molar-refractivity contribution in [1.82, 2.24) is 0 Å². The molecule has 0 saturated carbocycles. The standard InChI is InChI=1S/C11H18O5/c1-4-14-10(13)6-5-8-9(7-12)16-11(2,3)15-8/h5-6,8-9,12H,4,7H2,1-3H3/b6-5+/t8-,9+/m0/s1. The Morgan fingerprint density at radius 2 is 2.19 bits per heavy atom. The minimum absolute atomic E-state index is 0.152. The molecule has 5 nitrogen and oxygen atoms in total. The lowest BCUT2D eigenvalue weighted by Gasteiger charge is -2.15. The zero-order valence-electron chi connectivity index (χ0n) is 9.80. The van der Waals surface area contributed by atoms with Crippen LogP contribution in [0, 0.1) is 0 Å². The van der Waals surface area contributed by atoms with Crippen LogP contribution < -0.4 is 0 Å². The van der Waals surface area contributed by atoms with Gasteiger partial charge in [0, 0.05) is 6.08 Å². The van der Waals surface area contributed by atoms with E-state index < -0.39 is 24.0 Å². The Kier molecular flexibility index (Phi) is 4.46. The van der Waals surface area contributed by atoms with Crippen LogP contribution in [0.15, 0.2) is 12.2 Å². The van der Waals surface area contributed by atoms with Gasteiger partial charge < -0.3 is 19.3 Å². The smallest absolute Gasteiger partial charge is 0.330 e. The van der Waals surface area contributed by atoms with Crippen LogP contribution in [0.1, 0.15) is 20.8 Å². The second-order valence-corrected chi connectivity index (χ2v) is 3.93. The molecule has 1 N–H and O–H groups in total. The number of carbonyl (C=O) groups excluding carboxylic acids is 1. The molecule has 0 aromatic rings. The number of esters is 1. The van der Waals surface area contributed by atoms with Gasteiger partial charge in [0.2, 0.25) is 0 Å². The minimum atomic E-state index is -0.739. The second-order valence-electron chi connectivity index (χ2n) is 3.93. The molecule has 1 rings (SSSR count). The van der Waals surface area contributed by atoms with Gasteiger partial charge in [-0.25, -0.2) is 4.79 Å². The van der Waals surface area contributed by atoms with E-state index in [1.54, 1.807) is 26.8 Å². The van der Waals surface area contributed by atoms with E-state index >= 15 is 0 Å². The number of aliphatic hydroxyl groups excluding tert-OH is 1. The van der Waals surface area contributed by atoms with Crippen LogP contribution in [0.2, 0.25) is 0 Å². The van der Waals surface area contributed by atoms with E-state index in [0.29, 0.717) is 6.61 Å². The van der Waals surface area contributed by atoms with Crippen molar-refractivity contribution in [1.29, 1.82) is 0 Å². The van der Waals surface area contributed by atoms with Gasteiger partial charge in [0.1, 0.15) is 12.2 Å². The highest BCUT2D eigenvalue weighted by Crippen LogP contribution is 2.28. The van der Waals surface area contributed by atoms with E-state index in [2.05, 4.69) is 0 Å². The summed E-state index contributed by atoms with van der Waals surface area (Å²) in [6.45, 7) is 5.43. The van der Waals surface area contributed by atoms with Crippen LogP contribution in [0.3, 0.4) is 0 Å². The number of aliphatic hydroxyl groups is 1. The van der Waals surface area contributed by atoms with Gasteiger partial charge in [0.25, 0.3) is 0 Å². The molecule has 0 bridgehead atoms. The highest BCUT2D eigenvalue weighted by molar-refractivity contribution is 5.81. The van der Waals surface area contributed by atoms with Crippen molar-refractivity contribution in [3.8, 4) is 0 Å². The summed E-state index contributed by atoms with van der Waals surface area (Å²) < 4.78 is 15.7. The first-order valence-electron chi connectivity index (χ1n) is 5.30. The molecule has 0 aromatic carbocycles. The first-order valence-corrected chi connectivity index (χ1v) is 5.30. The zero-order valence-corrected chi connectivity index (χ0v) is 9.80. The molecular weight excluding hydrogens is 212 g/mol. The highest BCUT2D eigenvalue weighted by atomic mass is 16.8. The summed E-state index contributed by atoms with van der Waals surface area (Å²) in [4.78, 5) is 11.1. The van der Waals surface area contributed by atoms with Crippen molar-refractivity contribution >= 4 is 5.97 Å². The minimum Gasteiger partial charge on any atom is -0.463 e. The third-order valence-electron chi connectivity index (χ3n) is 2.11. The summed E-state index contributed by atoms with van der Waals surface area (Å²) in [6, 6.07) is 0. The number of ether oxygens (including phenoxy) is 3. The molecule has 1 aliphatic heterocycles. The molecule has 0 amide bonds. The van der Waals surface area contributed by atoms with E-state index in [4.69, 9.17) is 19.3 Å². The van der Waals surface area contributed by atoms with Crippen molar-refractivity contribution < 1.29 is 24.1 Å². The summed E-state index contributed by atoms with van der Waals surface area (Å²) in [7, 11) is 0. The fourth-order valence-corrected chi connectivity index (χ4v) is 1.53. The molecular formula is C11H18O5. The Morgan fingerprint density at radius 1 is 1.50 bits per heavy atom. The number of rotatable bonds is 4. The monoisotopic (exact) mass is 230 g/mol. The molecule has 5 heteroatoms. The molecule has 92 valence electrons. The van der Waals surface area contributed by atoms with Crippen LogP contribution >= 0.6 is 0 Å².